The molecule has 0 aromatic heterocycles. The van der Waals surface area contributed by atoms with Crippen LogP contribution in [0.4, 0.5) is 18.0 Å². The maximum atomic E-state index is 12.3. The number of unbranched alkanes of at least 4 members (excludes halogenated alkanes) is 15. The summed E-state index contributed by atoms with van der Waals surface area (Å²) in [5.41, 5.74) is 0. The van der Waals surface area contributed by atoms with Gasteiger partial charge in [0.05, 0.1) is 0 Å². The lowest BCUT2D eigenvalue weighted by molar-refractivity contribution is -0.142. The fraction of sp³-hybridized carbons (Fsp3) is 0.952. The van der Waals surface area contributed by atoms with E-state index in [1.54, 1.807) is 0 Å². The number of alkyl halides is 3. The first-order valence-electron chi connectivity index (χ1n) is 10.9. The highest BCUT2D eigenvalue weighted by Gasteiger charge is 2.32. The van der Waals surface area contributed by atoms with Crippen molar-refractivity contribution < 1.29 is 23.1 Å². The predicted molar refractivity (Wildman–Crippen MR) is 105 cm³/mol. The number of hydrogen-bond donors (Lipinski definition) is 1. The Kier molecular flexibility index (Phi) is 16.6. The van der Waals surface area contributed by atoms with Crippen molar-refractivity contribution in [3.63, 3.8) is 0 Å². The molecule has 0 aliphatic carbocycles. The Labute approximate surface area is 163 Å². The summed E-state index contributed by atoms with van der Waals surface area (Å²) >= 11 is 0. The number of amides is 1. The van der Waals surface area contributed by atoms with Gasteiger partial charge < -0.3 is 5.11 Å². The molecule has 0 aliphatic rings. The molecule has 0 unspecified atom stereocenters. The van der Waals surface area contributed by atoms with Crippen LogP contribution >= 0.6 is 0 Å². The fourth-order valence-corrected chi connectivity index (χ4v) is 3.31. The van der Waals surface area contributed by atoms with Gasteiger partial charge in [-0.2, -0.15) is 13.2 Å². The largest absolute Gasteiger partial charge is 0.465 e. The molecule has 3 nitrogen and oxygen atoms in total. The van der Waals surface area contributed by atoms with E-state index in [0.717, 1.165) is 19.3 Å². The van der Waals surface area contributed by atoms with Gasteiger partial charge in [-0.1, -0.05) is 103 Å². The lowest BCUT2D eigenvalue weighted by atomic mass is 10.0. The number of carboxylic acid groups (broad SMARTS) is 1. The highest BCUT2D eigenvalue weighted by Crippen LogP contribution is 2.18. The van der Waals surface area contributed by atoms with Gasteiger partial charge in [0.2, 0.25) is 0 Å². The molecule has 0 saturated heterocycles. The molecule has 1 amide bonds. The molecule has 0 bridgehead atoms. The molecular weight excluding hydrogens is 355 g/mol. The highest BCUT2D eigenvalue weighted by molar-refractivity contribution is 5.64. The van der Waals surface area contributed by atoms with Crippen LogP contribution in [0.1, 0.15) is 110 Å². The third-order valence-electron chi connectivity index (χ3n) is 4.92. The van der Waals surface area contributed by atoms with Gasteiger partial charge in [-0.15, -0.1) is 0 Å². The first-order chi connectivity index (χ1) is 12.9. The number of carbonyl (C=O) groups is 1. The summed E-state index contributed by atoms with van der Waals surface area (Å²) in [6.07, 6.45) is 13.2. The van der Waals surface area contributed by atoms with E-state index in [4.69, 9.17) is 5.11 Å². The van der Waals surface area contributed by atoms with E-state index in [0.29, 0.717) is 11.3 Å². The van der Waals surface area contributed by atoms with Gasteiger partial charge >= 0.3 is 12.3 Å². The fourth-order valence-electron chi connectivity index (χ4n) is 3.31. The minimum atomic E-state index is -4.46. The van der Waals surface area contributed by atoms with Crippen molar-refractivity contribution in [3.05, 3.63) is 0 Å². The summed E-state index contributed by atoms with van der Waals surface area (Å²) in [5.74, 6) is 0. The number of hydrogen-bond acceptors (Lipinski definition) is 1. The average molecular weight is 396 g/mol. The van der Waals surface area contributed by atoms with Crippen molar-refractivity contribution in [2.24, 2.45) is 0 Å². The van der Waals surface area contributed by atoms with Crippen LogP contribution < -0.4 is 0 Å². The second-order valence-electron chi connectivity index (χ2n) is 7.62. The highest BCUT2D eigenvalue weighted by atomic mass is 19.4. The summed E-state index contributed by atoms with van der Waals surface area (Å²) in [5, 5.41) is 8.79. The third kappa shape index (κ3) is 19.6. The van der Waals surface area contributed by atoms with Crippen LogP contribution in [0.3, 0.4) is 0 Å². The third-order valence-corrected chi connectivity index (χ3v) is 4.92. The summed E-state index contributed by atoms with van der Waals surface area (Å²) in [4.78, 5) is 11.3. The molecule has 0 radical (unpaired) electrons. The summed E-state index contributed by atoms with van der Waals surface area (Å²) in [6, 6.07) is 0. The van der Waals surface area contributed by atoms with Gasteiger partial charge in [0.15, 0.2) is 0 Å². The van der Waals surface area contributed by atoms with Gasteiger partial charge in [-0.05, 0) is 6.42 Å². The zero-order valence-electron chi connectivity index (χ0n) is 17.2. The van der Waals surface area contributed by atoms with Crippen LogP contribution in [-0.4, -0.2) is 35.4 Å². The molecule has 162 valence electrons. The molecule has 0 rings (SSSR count). The zero-order valence-corrected chi connectivity index (χ0v) is 17.2. The van der Waals surface area contributed by atoms with Crippen LogP contribution in [0.25, 0.3) is 0 Å². The van der Waals surface area contributed by atoms with Crippen molar-refractivity contribution >= 4 is 6.09 Å². The molecule has 27 heavy (non-hydrogen) atoms. The zero-order chi connectivity index (χ0) is 20.4. The Morgan fingerprint density at radius 3 is 1.33 bits per heavy atom. The Balaban J connectivity index is 3.34. The predicted octanol–water partition coefficient (Wildman–Crippen LogP) is 7.79. The monoisotopic (exact) mass is 395 g/mol. The van der Waals surface area contributed by atoms with Crippen molar-refractivity contribution in [3.8, 4) is 0 Å². The van der Waals surface area contributed by atoms with Crippen molar-refractivity contribution in [1.82, 2.24) is 4.90 Å². The van der Waals surface area contributed by atoms with E-state index in [1.807, 2.05) is 0 Å². The van der Waals surface area contributed by atoms with Gasteiger partial charge in [-0.25, -0.2) is 4.79 Å². The first-order valence-corrected chi connectivity index (χ1v) is 10.9. The van der Waals surface area contributed by atoms with Gasteiger partial charge in [0.1, 0.15) is 6.54 Å². The molecule has 0 spiro atoms. The molecule has 0 saturated carbocycles. The van der Waals surface area contributed by atoms with Crippen molar-refractivity contribution in [2.75, 3.05) is 13.1 Å². The van der Waals surface area contributed by atoms with Crippen LogP contribution in [0, 0.1) is 0 Å². The Morgan fingerprint density at radius 2 is 1.04 bits per heavy atom. The van der Waals surface area contributed by atoms with Crippen LogP contribution in [0.15, 0.2) is 0 Å². The second kappa shape index (κ2) is 17.2. The van der Waals surface area contributed by atoms with E-state index < -0.39 is 18.8 Å². The Morgan fingerprint density at radius 1 is 0.704 bits per heavy atom. The normalized spacial score (nSPS) is 11.7. The molecule has 0 aromatic carbocycles. The van der Waals surface area contributed by atoms with Crippen LogP contribution in [0.2, 0.25) is 0 Å². The van der Waals surface area contributed by atoms with Gasteiger partial charge in [0, 0.05) is 6.54 Å². The molecule has 0 aliphatic heterocycles. The summed E-state index contributed by atoms with van der Waals surface area (Å²) in [7, 11) is 0. The minimum absolute atomic E-state index is 0.0344. The number of nitrogens with zero attached hydrogens (tertiary/aromatic N) is 1. The molecule has 0 fully saturated rings. The quantitative estimate of drug-likeness (QED) is 0.241. The summed E-state index contributed by atoms with van der Waals surface area (Å²) in [6.45, 7) is 0.833. The second-order valence-corrected chi connectivity index (χ2v) is 7.62. The SMILES string of the molecule is CCCCCCCCCCCCCCCCCCN(CC(F)(F)F)C(=O)O. The van der Waals surface area contributed by atoms with E-state index in [-0.39, 0.29) is 6.54 Å². The van der Waals surface area contributed by atoms with Gasteiger partial charge in [-0.3, -0.25) is 4.90 Å². The summed E-state index contributed by atoms with van der Waals surface area (Å²) < 4.78 is 36.8. The molecule has 0 heterocycles. The van der Waals surface area contributed by atoms with E-state index >= 15 is 0 Å². The molecular formula is C21H40F3NO2. The van der Waals surface area contributed by atoms with E-state index in [1.165, 1.54) is 77.0 Å². The smallest absolute Gasteiger partial charge is 0.407 e. The minimum Gasteiger partial charge on any atom is -0.465 e. The number of rotatable bonds is 18. The van der Waals surface area contributed by atoms with Crippen LogP contribution in [-0.2, 0) is 0 Å². The average Bonchev–Trinajstić information content (AvgIpc) is 2.59. The number of halogens is 3. The maximum Gasteiger partial charge on any atom is 0.407 e. The molecule has 6 heteroatoms. The Hall–Kier alpha value is -0.940. The van der Waals surface area contributed by atoms with E-state index in [2.05, 4.69) is 6.92 Å². The maximum absolute atomic E-state index is 12.3. The molecule has 1 N–H and O–H groups in total. The standard InChI is InChI=1S/C21H40F3NO2/c1-2-3-4-5-6-7-8-9-10-11-12-13-14-15-16-17-18-25(20(26)27)19-21(22,23)24/h2-19H2,1H3,(H,26,27). The molecule has 0 aromatic rings. The van der Waals surface area contributed by atoms with Crippen LogP contribution in [0.5, 0.6) is 0 Å². The van der Waals surface area contributed by atoms with Crippen molar-refractivity contribution in [1.29, 1.82) is 0 Å². The lowest BCUT2D eigenvalue weighted by Gasteiger charge is -2.20. The Bertz CT molecular complexity index is 349. The van der Waals surface area contributed by atoms with Gasteiger partial charge in [0.25, 0.3) is 0 Å². The molecule has 0 atom stereocenters. The van der Waals surface area contributed by atoms with Crippen molar-refractivity contribution in [2.45, 2.75) is 116 Å². The topological polar surface area (TPSA) is 40.5 Å². The lowest BCUT2D eigenvalue weighted by Crippen LogP contribution is -2.38. The first kappa shape index (κ1) is 26.1. The van der Waals surface area contributed by atoms with E-state index in [9.17, 15) is 18.0 Å².